The minimum atomic E-state index is -0.646. The number of hydrogen-bond donors (Lipinski definition) is 1. The lowest BCUT2D eigenvalue weighted by Crippen LogP contribution is -2.26. The number of carbonyl (C=O) groups is 2. The van der Waals surface area contributed by atoms with Crippen LogP contribution in [0.15, 0.2) is 18.2 Å². The Bertz CT molecular complexity index is 944. The molecule has 1 aliphatic heterocycles. The third kappa shape index (κ3) is 5.64. The maximum Gasteiger partial charge on any atom is 0.342 e. The van der Waals surface area contributed by atoms with E-state index in [0.29, 0.717) is 51.1 Å². The lowest BCUT2D eigenvalue weighted by Gasteiger charge is -2.11. The van der Waals surface area contributed by atoms with Crippen LogP contribution in [0, 0.1) is 5.82 Å². The lowest BCUT2D eigenvalue weighted by atomic mass is 10.1. The topological polar surface area (TPSA) is 91.7 Å². The van der Waals surface area contributed by atoms with Crippen molar-refractivity contribution < 1.29 is 28.2 Å². The summed E-state index contributed by atoms with van der Waals surface area (Å²) < 4.78 is 31.5. The number of amides is 1. The third-order valence-electron chi connectivity index (χ3n) is 5.28. The average molecular weight is 448 g/mol. The summed E-state index contributed by atoms with van der Waals surface area (Å²) in [6, 6.07) is 4.12. The summed E-state index contributed by atoms with van der Waals surface area (Å²) >= 11 is 0. The zero-order chi connectivity index (χ0) is 22.9. The van der Waals surface area contributed by atoms with Gasteiger partial charge in [0.2, 0.25) is 0 Å². The number of hydrogen-bond acceptors (Lipinski definition) is 6. The molecule has 174 valence electrons. The molecule has 32 heavy (non-hydrogen) atoms. The van der Waals surface area contributed by atoms with Crippen molar-refractivity contribution in [2.24, 2.45) is 0 Å². The van der Waals surface area contributed by atoms with Crippen molar-refractivity contribution in [2.45, 2.75) is 45.6 Å². The van der Waals surface area contributed by atoms with Crippen LogP contribution in [-0.4, -0.2) is 55.1 Å². The first kappa shape index (κ1) is 23.7. The van der Waals surface area contributed by atoms with Crippen LogP contribution < -0.4 is 10.1 Å². The number of benzene rings is 1. The molecule has 1 aromatic heterocycles. The second-order valence-corrected chi connectivity index (χ2v) is 7.48. The van der Waals surface area contributed by atoms with Gasteiger partial charge in [-0.05, 0) is 37.8 Å². The number of fused-ring (bicyclic) bond motifs is 1. The van der Waals surface area contributed by atoms with Crippen molar-refractivity contribution in [3.05, 3.63) is 46.5 Å². The quantitative estimate of drug-likeness (QED) is 0.518. The molecule has 0 saturated carbocycles. The number of ether oxygens (including phenoxy) is 3. The number of aryl methyl sites for hydroxylation is 2. The standard InChI is InChI=1S/C23H30FN3O5/c1-3-18-20-19(10-5-13-31-14-6-11-25-22(20)28)27(26-18)12-7-15-32-23(29)16-8-4-9-17(24)21(16)30-2/h4,8-9H,3,5-7,10-15H2,1-2H3,(H,25,28). The predicted molar refractivity (Wildman–Crippen MR) is 116 cm³/mol. The van der Waals surface area contributed by atoms with E-state index in [0.717, 1.165) is 24.2 Å². The van der Waals surface area contributed by atoms with Crippen LogP contribution in [0.5, 0.6) is 5.75 Å². The number of halogens is 1. The zero-order valence-corrected chi connectivity index (χ0v) is 18.6. The summed E-state index contributed by atoms with van der Waals surface area (Å²) in [5, 5.41) is 7.60. The summed E-state index contributed by atoms with van der Waals surface area (Å²) in [7, 11) is 1.31. The molecule has 1 aromatic carbocycles. The fourth-order valence-corrected chi connectivity index (χ4v) is 3.74. The van der Waals surface area contributed by atoms with Crippen LogP contribution >= 0.6 is 0 Å². The maximum atomic E-state index is 13.8. The number of para-hydroxylation sites is 1. The van der Waals surface area contributed by atoms with E-state index < -0.39 is 11.8 Å². The van der Waals surface area contributed by atoms with Gasteiger partial charge in [0.15, 0.2) is 11.6 Å². The van der Waals surface area contributed by atoms with Gasteiger partial charge in [-0.1, -0.05) is 13.0 Å². The van der Waals surface area contributed by atoms with Crippen LogP contribution in [0.2, 0.25) is 0 Å². The number of aromatic nitrogens is 2. The highest BCUT2D eigenvalue weighted by atomic mass is 19.1. The molecule has 8 nitrogen and oxygen atoms in total. The Balaban J connectivity index is 1.67. The van der Waals surface area contributed by atoms with E-state index >= 15 is 0 Å². The molecule has 0 unspecified atom stereocenters. The normalized spacial score (nSPS) is 14.8. The molecule has 0 fully saturated rings. The molecule has 1 amide bonds. The summed E-state index contributed by atoms with van der Waals surface area (Å²) in [4.78, 5) is 25.1. The molecule has 0 aliphatic carbocycles. The molecular weight excluding hydrogens is 417 g/mol. The van der Waals surface area contributed by atoms with Gasteiger partial charge in [0, 0.05) is 32.7 Å². The van der Waals surface area contributed by atoms with E-state index in [9.17, 15) is 14.0 Å². The molecule has 1 aliphatic rings. The van der Waals surface area contributed by atoms with E-state index in [2.05, 4.69) is 10.4 Å². The predicted octanol–water partition coefficient (Wildman–Crippen LogP) is 2.92. The van der Waals surface area contributed by atoms with E-state index in [1.807, 2.05) is 11.6 Å². The molecule has 0 atom stereocenters. The number of esters is 1. The first-order chi connectivity index (χ1) is 15.6. The molecule has 0 bridgehead atoms. The van der Waals surface area contributed by atoms with Gasteiger partial charge in [-0.25, -0.2) is 9.18 Å². The SMILES string of the molecule is CCc1nn(CCCOC(=O)c2cccc(F)c2OC)c2c1C(=O)NCCCOCCC2. The highest BCUT2D eigenvalue weighted by Gasteiger charge is 2.23. The number of nitrogens with zero attached hydrogens (tertiary/aromatic N) is 2. The Morgan fingerprint density at radius 3 is 2.91 bits per heavy atom. The number of rotatable bonds is 7. The van der Waals surface area contributed by atoms with Crippen molar-refractivity contribution in [1.29, 1.82) is 0 Å². The smallest absolute Gasteiger partial charge is 0.342 e. The second kappa shape index (κ2) is 11.6. The largest absolute Gasteiger partial charge is 0.493 e. The van der Waals surface area contributed by atoms with Crippen LogP contribution in [-0.2, 0) is 28.9 Å². The van der Waals surface area contributed by atoms with E-state index in [-0.39, 0.29) is 23.8 Å². The number of methoxy groups -OCH3 is 1. The Labute approximate surface area is 187 Å². The Morgan fingerprint density at radius 1 is 1.31 bits per heavy atom. The fraction of sp³-hybridized carbons (Fsp3) is 0.522. The molecule has 0 radical (unpaired) electrons. The zero-order valence-electron chi connectivity index (χ0n) is 18.6. The molecule has 3 rings (SSSR count). The van der Waals surface area contributed by atoms with Gasteiger partial charge in [-0.15, -0.1) is 0 Å². The molecule has 2 heterocycles. The van der Waals surface area contributed by atoms with Gasteiger partial charge in [-0.3, -0.25) is 9.48 Å². The number of nitrogens with one attached hydrogen (secondary N) is 1. The first-order valence-corrected chi connectivity index (χ1v) is 11.0. The highest BCUT2D eigenvalue weighted by Crippen LogP contribution is 2.23. The highest BCUT2D eigenvalue weighted by molar-refractivity contribution is 5.96. The van der Waals surface area contributed by atoms with Gasteiger partial charge in [-0.2, -0.15) is 5.10 Å². The Morgan fingerprint density at radius 2 is 2.12 bits per heavy atom. The minimum Gasteiger partial charge on any atom is -0.493 e. The van der Waals surface area contributed by atoms with Gasteiger partial charge in [0.1, 0.15) is 5.56 Å². The van der Waals surface area contributed by atoms with Crippen molar-refractivity contribution in [3.63, 3.8) is 0 Å². The van der Waals surface area contributed by atoms with Gasteiger partial charge < -0.3 is 19.5 Å². The van der Waals surface area contributed by atoms with Crippen molar-refractivity contribution in [3.8, 4) is 5.75 Å². The second-order valence-electron chi connectivity index (χ2n) is 7.48. The minimum absolute atomic E-state index is 0.0463. The summed E-state index contributed by atoms with van der Waals surface area (Å²) in [5.41, 5.74) is 2.34. The van der Waals surface area contributed by atoms with Crippen LogP contribution in [0.1, 0.15) is 58.3 Å². The van der Waals surface area contributed by atoms with Crippen LogP contribution in [0.25, 0.3) is 0 Å². The first-order valence-electron chi connectivity index (χ1n) is 11.0. The average Bonchev–Trinajstić information content (AvgIpc) is 3.13. The van der Waals surface area contributed by atoms with Crippen molar-refractivity contribution >= 4 is 11.9 Å². The van der Waals surface area contributed by atoms with Crippen LogP contribution in [0.4, 0.5) is 4.39 Å². The van der Waals surface area contributed by atoms with Gasteiger partial charge >= 0.3 is 5.97 Å². The van der Waals surface area contributed by atoms with Gasteiger partial charge in [0.05, 0.1) is 30.7 Å². The lowest BCUT2D eigenvalue weighted by molar-refractivity contribution is 0.0490. The molecule has 0 spiro atoms. The van der Waals surface area contributed by atoms with Crippen molar-refractivity contribution in [2.75, 3.05) is 33.5 Å². The molecule has 9 heteroatoms. The summed E-state index contributed by atoms with van der Waals surface area (Å²) in [6.45, 7) is 4.42. The molecule has 1 N–H and O–H groups in total. The van der Waals surface area contributed by atoms with E-state index in [4.69, 9.17) is 14.2 Å². The molecular formula is C23H30FN3O5. The Hall–Kier alpha value is -2.94. The fourth-order valence-electron chi connectivity index (χ4n) is 3.74. The van der Waals surface area contributed by atoms with E-state index in [1.54, 1.807) is 0 Å². The Kier molecular flexibility index (Phi) is 8.61. The summed E-state index contributed by atoms with van der Waals surface area (Å²) in [5.74, 6) is -1.50. The van der Waals surface area contributed by atoms with Crippen molar-refractivity contribution in [1.82, 2.24) is 15.1 Å². The monoisotopic (exact) mass is 447 g/mol. The third-order valence-corrected chi connectivity index (χ3v) is 5.28. The number of carbonyl (C=O) groups excluding carboxylic acids is 2. The van der Waals surface area contributed by atoms with Gasteiger partial charge in [0.25, 0.3) is 5.91 Å². The van der Waals surface area contributed by atoms with Crippen LogP contribution in [0.3, 0.4) is 0 Å². The molecule has 0 saturated heterocycles. The van der Waals surface area contributed by atoms with E-state index in [1.165, 1.54) is 25.3 Å². The summed E-state index contributed by atoms with van der Waals surface area (Å²) in [6.07, 6.45) is 3.39. The molecule has 2 aromatic rings. The maximum absolute atomic E-state index is 13.8.